The number of amides is 1. The summed E-state index contributed by atoms with van der Waals surface area (Å²) in [5.41, 5.74) is 0. The quantitative estimate of drug-likeness (QED) is 0.789. The van der Waals surface area contributed by atoms with Crippen LogP contribution >= 0.6 is 0 Å². The second kappa shape index (κ2) is 8.29. The van der Waals surface area contributed by atoms with E-state index in [1.165, 1.54) is 0 Å². The van der Waals surface area contributed by atoms with Crippen LogP contribution in [0, 0.1) is 5.92 Å². The Morgan fingerprint density at radius 3 is 2.68 bits per heavy atom. The van der Waals surface area contributed by atoms with Crippen LogP contribution in [0.2, 0.25) is 0 Å². The normalized spacial score (nSPS) is 24.2. The number of aromatic nitrogens is 2. The SMILES string of the molecule is CN(C)C(=O)[C@@H]1CN(Cc2nccn2C)CCN(C2CCOCC2)C1. The lowest BCUT2D eigenvalue weighted by atomic mass is 10.0. The van der Waals surface area contributed by atoms with Crippen molar-refractivity contribution < 1.29 is 9.53 Å². The Morgan fingerprint density at radius 2 is 2.04 bits per heavy atom. The van der Waals surface area contributed by atoms with Crippen LogP contribution in [-0.4, -0.2) is 89.7 Å². The van der Waals surface area contributed by atoms with Crippen molar-refractivity contribution >= 4 is 5.91 Å². The molecule has 1 aromatic heterocycles. The fourth-order valence-corrected chi connectivity index (χ4v) is 3.90. The molecule has 0 radical (unpaired) electrons. The Hall–Kier alpha value is -1.44. The van der Waals surface area contributed by atoms with E-state index in [0.29, 0.717) is 6.04 Å². The summed E-state index contributed by atoms with van der Waals surface area (Å²) in [5, 5.41) is 0. The van der Waals surface area contributed by atoms with Gasteiger partial charge < -0.3 is 14.2 Å². The summed E-state index contributed by atoms with van der Waals surface area (Å²) in [7, 11) is 5.74. The molecule has 1 aromatic rings. The summed E-state index contributed by atoms with van der Waals surface area (Å²) >= 11 is 0. The third kappa shape index (κ3) is 4.59. The fraction of sp³-hybridized carbons (Fsp3) is 0.778. The van der Waals surface area contributed by atoms with Gasteiger partial charge in [0.05, 0.1) is 12.5 Å². The molecule has 3 heterocycles. The molecule has 2 aliphatic heterocycles. The zero-order valence-electron chi connectivity index (χ0n) is 15.7. The summed E-state index contributed by atoms with van der Waals surface area (Å²) in [4.78, 5) is 23.8. The molecule has 0 aromatic carbocycles. The molecule has 0 aliphatic carbocycles. The number of carbonyl (C=O) groups excluding carboxylic acids is 1. The Morgan fingerprint density at radius 1 is 1.28 bits per heavy atom. The van der Waals surface area contributed by atoms with Crippen LogP contribution < -0.4 is 0 Å². The van der Waals surface area contributed by atoms with Crippen molar-refractivity contribution in [2.24, 2.45) is 13.0 Å². The predicted octanol–water partition coefficient (Wildman–Crippen LogP) is 0.421. The van der Waals surface area contributed by atoms with Gasteiger partial charge in [-0.15, -0.1) is 0 Å². The van der Waals surface area contributed by atoms with Crippen LogP contribution in [-0.2, 0) is 23.1 Å². The van der Waals surface area contributed by atoms with Crippen molar-refractivity contribution in [1.82, 2.24) is 24.3 Å². The number of imidazole rings is 1. The summed E-state index contributed by atoms with van der Waals surface area (Å²) in [6, 6.07) is 0.541. The van der Waals surface area contributed by atoms with Crippen molar-refractivity contribution in [2.45, 2.75) is 25.4 Å². The topological polar surface area (TPSA) is 53.8 Å². The zero-order chi connectivity index (χ0) is 17.8. The molecule has 0 saturated carbocycles. The highest BCUT2D eigenvalue weighted by Crippen LogP contribution is 2.20. The van der Waals surface area contributed by atoms with Gasteiger partial charge in [-0.3, -0.25) is 14.6 Å². The molecule has 0 spiro atoms. The van der Waals surface area contributed by atoms with Crippen LogP contribution in [0.4, 0.5) is 0 Å². The monoisotopic (exact) mass is 349 g/mol. The Labute approximate surface area is 150 Å². The first-order chi connectivity index (χ1) is 12.0. The van der Waals surface area contributed by atoms with Crippen LogP contribution in [0.15, 0.2) is 12.4 Å². The molecular weight excluding hydrogens is 318 g/mol. The Kier molecular flexibility index (Phi) is 6.09. The highest BCUT2D eigenvalue weighted by Gasteiger charge is 2.32. The van der Waals surface area contributed by atoms with Gasteiger partial charge in [0.25, 0.3) is 0 Å². The van der Waals surface area contributed by atoms with Crippen LogP contribution in [0.25, 0.3) is 0 Å². The average Bonchev–Trinajstić information content (AvgIpc) is 2.90. The minimum Gasteiger partial charge on any atom is -0.381 e. The molecule has 0 N–H and O–H groups in total. The second-order valence-corrected chi connectivity index (χ2v) is 7.46. The highest BCUT2D eigenvalue weighted by atomic mass is 16.5. The highest BCUT2D eigenvalue weighted by molar-refractivity contribution is 5.78. The lowest BCUT2D eigenvalue weighted by Crippen LogP contribution is -2.45. The molecular formula is C18H31N5O2. The minimum absolute atomic E-state index is 0.0145. The van der Waals surface area contributed by atoms with Gasteiger partial charge in [-0.2, -0.15) is 0 Å². The molecule has 2 fully saturated rings. The van der Waals surface area contributed by atoms with Gasteiger partial charge in [-0.1, -0.05) is 0 Å². The number of ether oxygens (including phenoxy) is 1. The van der Waals surface area contributed by atoms with Gasteiger partial charge in [0.2, 0.25) is 5.91 Å². The number of carbonyl (C=O) groups is 1. The maximum atomic E-state index is 12.7. The van der Waals surface area contributed by atoms with E-state index < -0.39 is 0 Å². The summed E-state index contributed by atoms with van der Waals surface area (Å²) in [6.45, 7) is 6.09. The van der Waals surface area contributed by atoms with E-state index in [-0.39, 0.29) is 11.8 Å². The number of hydrogen-bond donors (Lipinski definition) is 0. The average molecular weight is 349 g/mol. The van der Waals surface area contributed by atoms with Crippen molar-refractivity contribution in [2.75, 3.05) is 53.5 Å². The summed E-state index contributed by atoms with van der Waals surface area (Å²) in [5.74, 6) is 1.29. The van der Waals surface area contributed by atoms with Gasteiger partial charge in [0, 0.05) is 79.0 Å². The largest absolute Gasteiger partial charge is 0.381 e. The van der Waals surface area contributed by atoms with E-state index >= 15 is 0 Å². The number of rotatable bonds is 4. The third-order valence-corrected chi connectivity index (χ3v) is 5.42. The maximum Gasteiger partial charge on any atom is 0.227 e. The standard InChI is InChI=1S/C18H31N5O2/c1-20(2)18(24)15-12-22(14-17-19-6-7-21(17)3)8-9-23(13-15)16-4-10-25-11-5-16/h6-7,15-16H,4-5,8-14H2,1-3H3/t15-/m1/s1. The number of hydrogen-bond acceptors (Lipinski definition) is 5. The van der Waals surface area contributed by atoms with E-state index in [9.17, 15) is 4.79 Å². The predicted molar refractivity (Wildman–Crippen MR) is 96.1 cm³/mol. The third-order valence-electron chi connectivity index (χ3n) is 5.42. The van der Waals surface area contributed by atoms with Crippen LogP contribution in [0.3, 0.4) is 0 Å². The van der Waals surface area contributed by atoms with Gasteiger partial charge >= 0.3 is 0 Å². The van der Waals surface area contributed by atoms with Gasteiger partial charge in [0.1, 0.15) is 5.82 Å². The molecule has 7 heteroatoms. The first kappa shape index (κ1) is 18.4. The lowest BCUT2D eigenvalue weighted by molar-refractivity contribution is -0.134. The molecule has 140 valence electrons. The van der Waals surface area contributed by atoms with E-state index in [4.69, 9.17) is 4.74 Å². The molecule has 7 nitrogen and oxygen atoms in total. The molecule has 25 heavy (non-hydrogen) atoms. The van der Waals surface area contributed by atoms with Crippen LogP contribution in [0.5, 0.6) is 0 Å². The van der Waals surface area contributed by atoms with E-state index in [1.54, 1.807) is 4.90 Å². The Bertz CT molecular complexity index is 568. The van der Waals surface area contributed by atoms with Gasteiger partial charge in [0.15, 0.2) is 0 Å². The fourth-order valence-electron chi connectivity index (χ4n) is 3.90. The summed E-state index contributed by atoms with van der Waals surface area (Å²) in [6.07, 6.45) is 5.96. The smallest absolute Gasteiger partial charge is 0.227 e. The second-order valence-electron chi connectivity index (χ2n) is 7.46. The van der Waals surface area contributed by atoms with E-state index in [0.717, 1.165) is 64.6 Å². The minimum atomic E-state index is 0.0145. The molecule has 0 bridgehead atoms. The van der Waals surface area contributed by atoms with Gasteiger partial charge in [-0.25, -0.2) is 4.98 Å². The van der Waals surface area contributed by atoms with Crippen molar-refractivity contribution in [1.29, 1.82) is 0 Å². The maximum absolute atomic E-state index is 12.7. The molecule has 2 saturated heterocycles. The van der Waals surface area contributed by atoms with E-state index in [2.05, 4.69) is 19.4 Å². The van der Waals surface area contributed by atoms with Crippen molar-refractivity contribution in [3.8, 4) is 0 Å². The van der Waals surface area contributed by atoms with Crippen molar-refractivity contribution in [3.63, 3.8) is 0 Å². The first-order valence-electron chi connectivity index (χ1n) is 9.26. The van der Waals surface area contributed by atoms with Crippen molar-refractivity contribution in [3.05, 3.63) is 18.2 Å². The van der Waals surface area contributed by atoms with Gasteiger partial charge in [-0.05, 0) is 12.8 Å². The van der Waals surface area contributed by atoms with E-state index in [1.807, 2.05) is 33.5 Å². The first-order valence-corrected chi connectivity index (χ1v) is 9.26. The number of nitrogens with zero attached hydrogens (tertiary/aromatic N) is 5. The Balaban J connectivity index is 1.72. The molecule has 1 atom stereocenters. The molecule has 0 unspecified atom stereocenters. The molecule has 3 rings (SSSR count). The number of aryl methyl sites for hydroxylation is 1. The molecule has 2 aliphatic rings. The molecule has 1 amide bonds. The lowest BCUT2D eigenvalue weighted by Gasteiger charge is -2.34. The van der Waals surface area contributed by atoms with Crippen LogP contribution in [0.1, 0.15) is 18.7 Å². The zero-order valence-corrected chi connectivity index (χ0v) is 15.7. The summed E-state index contributed by atoms with van der Waals surface area (Å²) < 4.78 is 7.57.